The molecule has 4 rings (SSSR count). The van der Waals surface area contributed by atoms with Gasteiger partial charge in [-0.1, -0.05) is 30.3 Å². The quantitative estimate of drug-likeness (QED) is 0.242. The topological polar surface area (TPSA) is 156 Å². The highest BCUT2D eigenvalue weighted by atomic mass is 32.2. The number of benzene rings is 1. The minimum atomic E-state index is -0.793. The van der Waals surface area contributed by atoms with Gasteiger partial charge in [-0.05, 0) is 5.56 Å². The lowest BCUT2D eigenvalue weighted by Crippen LogP contribution is -2.37. The number of pyridine rings is 1. The maximum absolute atomic E-state index is 11.9. The summed E-state index contributed by atoms with van der Waals surface area (Å²) in [6, 6.07) is 11.4. The number of hydrogen-bond donors (Lipinski definition) is 3. The number of primary amides is 1. The van der Waals surface area contributed by atoms with Crippen molar-refractivity contribution in [3.05, 3.63) is 48.2 Å². The third kappa shape index (κ3) is 7.07. The number of rotatable bonds is 4. The van der Waals surface area contributed by atoms with Crippen LogP contribution in [0.1, 0.15) is 12.0 Å². The molecular formula is C22H30N8O3S. The van der Waals surface area contributed by atoms with E-state index in [9.17, 15) is 9.59 Å². The number of amidine groups is 1. The second-order valence-electron chi connectivity index (χ2n) is 7.59. The van der Waals surface area contributed by atoms with Crippen LogP contribution in [-0.4, -0.2) is 66.9 Å². The van der Waals surface area contributed by atoms with Crippen molar-refractivity contribution in [1.82, 2.24) is 10.1 Å². The molecule has 0 radical (unpaired) electrons. The smallest absolute Gasteiger partial charge is 0.285 e. The lowest BCUT2D eigenvalue weighted by molar-refractivity contribution is -0.118. The van der Waals surface area contributed by atoms with Crippen LogP contribution in [0.2, 0.25) is 0 Å². The van der Waals surface area contributed by atoms with Crippen LogP contribution in [0.25, 0.3) is 0 Å². The molecule has 1 aromatic heterocycles. The fourth-order valence-electron chi connectivity index (χ4n) is 3.30. The van der Waals surface area contributed by atoms with Gasteiger partial charge in [0.1, 0.15) is 5.82 Å². The first kappa shape index (κ1) is 25.3. The molecule has 11 nitrogen and oxygen atoms in total. The fourth-order valence-corrected chi connectivity index (χ4v) is 4.27. The van der Waals surface area contributed by atoms with Crippen molar-refractivity contribution in [2.75, 3.05) is 48.9 Å². The van der Waals surface area contributed by atoms with Gasteiger partial charge in [-0.15, -0.1) is 16.9 Å². The highest BCUT2D eigenvalue weighted by molar-refractivity contribution is 7.99. The van der Waals surface area contributed by atoms with E-state index in [0.29, 0.717) is 13.0 Å². The predicted molar refractivity (Wildman–Crippen MR) is 133 cm³/mol. The molecule has 182 valence electrons. The van der Waals surface area contributed by atoms with Gasteiger partial charge in [0.2, 0.25) is 11.7 Å². The number of carbonyl (C=O) groups is 2. The van der Waals surface area contributed by atoms with E-state index in [4.69, 9.17) is 22.0 Å². The number of fused-ring (bicyclic) bond motifs is 1. The second kappa shape index (κ2) is 12.2. The number of anilines is 2. The predicted octanol–water partition coefficient (Wildman–Crippen LogP) is 0.497. The first-order valence-corrected chi connectivity index (χ1v) is 11.8. The number of nitrogens with two attached hydrogens (primary N) is 3. The molecule has 0 aliphatic carbocycles. The van der Waals surface area contributed by atoms with Gasteiger partial charge in [0.15, 0.2) is 0 Å². The Hall–Kier alpha value is -3.35. The monoisotopic (exact) mass is 486 g/mol. The number of aromatic nitrogens is 1. The fraction of sp³-hybridized carbons (Fsp3) is 0.364. The van der Waals surface area contributed by atoms with E-state index < -0.39 is 5.91 Å². The van der Waals surface area contributed by atoms with Crippen molar-refractivity contribution in [3.8, 4) is 0 Å². The number of morpholine rings is 1. The summed E-state index contributed by atoms with van der Waals surface area (Å²) >= 11 is 1.70. The zero-order valence-corrected chi connectivity index (χ0v) is 19.9. The Labute approximate surface area is 202 Å². The number of nitrogens with zero attached hydrogens (tertiary/aromatic N) is 5. The van der Waals surface area contributed by atoms with Crippen LogP contribution in [-0.2, 0) is 20.9 Å². The third-order valence-electron chi connectivity index (χ3n) is 5.15. The van der Waals surface area contributed by atoms with Crippen LogP contribution in [0, 0.1) is 0 Å². The summed E-state index contributed by atoms with van der Waals surface area (Å²) in [4.78, 5) is 32.1. The summed E-state index contributed by atoms with van der Waals surface area (Å²) in [5.74, 6) is 6.33. The molecule has 6 N–H and O–H groups in total. The molecule has 0 saturated carbocycles. The average molecular weight is 487 g/mol. The third-order valence-corrected chi connectivity index (χ3v) is 6.19. The molecule has 0 spiro atoms. The molecule has 2 aromatic rings. The lowest BCUT2D eigenvalue weighted by atomic mass is 10.2. The first-order valence-electron chi connectivity index (χ1n) is 10.8. The van der Waals surface area contributed by atoms with Crippen molar-refractivity contribution < 1.29 is 14.3 Å². The molecule has 3 heterocycles. The van der Waals surface area contributed by atoms with Gasteiger partial charge >= 0.3 is 0 Å². The summed E-state index contributed by atoms with van der Waals surface area (Å²) < 4.78 is 5.35. The number of ether oxygens (including phenoxy) is 1. The first-order chi connectivity index (χ1) is 16.3. The molecule has 1 saturated heterocycles. The van der Waals surface area contributed by atoms with Gasteiger partial charge < -0.3 is 26.0 Å². The highest BCUT2D eigenvalue weighted by Gasteiger charge is 2.22. The zero-order chi connectivity index (χ0) is 24.5. The molecule has 34 heavy (non-hydrogen) atoms. The molecule has 1 aromatic carbocycles. The van der Waals surface area contributed by atoms with E-state index in [1.54, 1.807) is 16.7 Å². The highest BCUT2D eigenvalue weighted by Crippen LogP contribution is 2.35. The maximum Gasteiger partial charge on any atom is 0.285 e. The molecule has 1 fully saturated rings. The van der Waals surface area contributed by atoms with Crippen molar-refractivity contribution >= 4 is 40.9 Å². The van der Waals surface area contributed by atoms with Crippen LogP contribution >= 0.6 is 11.8 Å². The molecule has 2 aliphatic rings. The van der Waals surface area contributed by atoms with Crippen LogP contribution in [0.4, 0.5) is 11.5 Å². The number of thioether (sulfide) groups is 1. The average Bonchev–Trinajstić information content (AvgIpc) is 2.98. The summed E-state index contributed by atoms with van der Waals surface area (Å²) in [5.41, 5.74) is 12.1. The van der Waals surface area contributed by atoms with Gasteiger partial charge in [-0.25, -0.2) is 15.9 Å². The van der Waals surface area contributed by atoms with Gasteiger partial charge in [0.05, 0.1) is 25.4 Å². The molecule has 2 aliphatic heterocycles. The summed E-state index contributed by atoms with van der Waals surface area (Å²) in [7, 11) is 1.84. The van der Waals surface area contributed by atoms with Gasteiger partial charge in [0.25, 0.3) is 5.91 Å². The molecule has 0 unspecified atom stereocenters. The van der Waals surface area contributed by atoms with E-state index in [1.807, 2.05) is 49.6 Å². The number of amides is 2. The molecular weight excluding hydrogens is 456 g/mol. The van der Waals surface area contributed by atoms with Gasteiger partial charge in [-0.3, -0.25) is 9.59 Å². The van der Waals surface area contributed by atoms with Crippen molar-refractivity contribution in [3.63, 3.8) is 0 Å². The van der Waals surface area contributed by atoms with Crippen LogP contribution < -0.4 is 27.1 Å². The molecule has 12 heteroatoms. The maximum atomic E-state index is 11.9. The normalized spacial score (nSPS) is 16.2. The largest absolute Gasteiger partial charge is 0.378 e. The Morgan fingerprint density at radius 2 is 1.94 bits per heavy atom. The number of hydrogen-bond acceptors (Lipinski definition) is 9. The van der Waals surface area contributed by atoms with E-state index in [-0.39, 0.29) is 11.7 Å². The second-order valence-corrected chi connectivity index (χ2v) is 8.73. The van der Waals surface area contributed by atoms with Crippen molar-refractivity contribution in [2.24, 2.45) is 22.4 Å². The number of carbonyl (C=O) groups excluding carboxylic acids is 2. The number of hydrazine groups is 1. The van der Waals surface area contributed by atoms with Gasteiger partial charge in [0, 0.05) is 49.5 Å². The molecule has 0 atom stereocenters. The molecule has 0 bridgehead atoms. The standard InChI is InChI=1S/C13H17N3O2S.C9H13N5O/c1-15-10-8-12(16-3-5-18-6-4-16)14-9-11(10)19-7-2-13(15)17;10-8(9(11)15)13-14(12)6-7-4-2-1-3-5-7/h8-9H,2-7H2,1H3;1-5H,6,12H2,(H2,10,13)(H2,11,15). The summed E-state index contributed by atoms with van der Waals surface area (Å²) in [5, 5.41) is 4.67. The van der Waals surface area contributed by atoms with Crippen molar-refractivity contribution in [2.45, 2.75) is 17.9 Å². The van der Waals surface area contributed by atoms with E-state index >= 15 is 0 Å². The SMILES string of the molecule is CN1C(=O)CCSc2cnc(N3CCOCC3)cc21.NC(=O)/C(N)=N/N(N)Cc1ccccc1. The lowest BCUT2D eigenvalue weighted by Gasteiger charge is -2.29. The summed E-state index contributed by atoms with van der Waals surface area (Å²) in [6.07, 6.45) is 2.47. The number of hydrazone groups is 1. The van der Waals surface area contributed by atoms with Gasteiger partial charge in [-0.2, -0.15) is 0 Å². The van der Waals surface area contributed by atoms with Crippen LogP contribution in [0.15, 0.2) is 52.6 Å². The Morgan fingerprint density at radius 1 is 1.24 bits per heavy atom. The summed E-state index contributed by atoms with van der Waals surface area (Å²) in [6.45, 7) is 3.55. The van der Waals surface area contributed by atoms with E-state index in [1.165, 1.54) is 0 Å². The Kier molecular flexibility index (Phi) is 9.08. The van der Waals surface area contributed by atoms with E-state index in [2.05, 4.69) is 15.0 Å². The zero-order valence-electron chi connectivity index (χ0n) is 19.1. The van der Waals surface area contributed by atoms with E-state index in [0.717, 1.165) is 59.1 Å². The Balaban J connectivity index is 0.000000197. The minimum absolute atomic E-state index is 0.172. The Morgan fingerprint density at radius 3 is 2.62 bits per heavy atom. The molecule has 2 amide bonds. The Bertz CT molecular complexity index is 1010. The van der Waals surface area contributed by atoms with Crippen molar-refractivity contribution in [1.29, 1.82) is 0 Å². The van der Waals surface area contributed by atoms with Crippen LogP contribution in [0.5, 0.6) is 0 Å². The minimum Gasteiger partial charge on any atom is -0.378 e. The van der Waals surface area contributed by atoms with Crippen LogP contribution in [0.3, 0.4) is 0 Å².